The Morgan fingerprint density at radius 2 is 2.00 bits per heavy atom. The molecule has 16 heavy (non-hydrogen) atoms. The zero-order valence-electron chi connectivity index (χ0n) is 9.95. The van der Waals surface area contributed by atoms with Gasteiger partial charge in [-0.2, -0.15) is 0 Å². The minimum Gasteiger partial charge on any atom is -0.319 e. The first-order valence-electron chi connectivity index (χ1n) is 6.47. The smallest absolute Gasteiger partial charge is 0.137 e. The van der Waals surface area contributed by atoms with Gasteiger partial charge in [-0.25, -0.2) is 0 Å². The number of aromatic nitrogens is 3. The Balaban J connectivity index is 1.88. The molecule has 2 heterocycles. The van der Waals surface area contributed by atoms with Crippen molar-refractivity contribution in [1.82, 2.24) is 20.1 Å². The molecule has 1 aromatic rings. The summed E-state index contributed by atoms with van der Waals surface area (Å²) in [5.41, 5.74) is 0. The van der Waals surface area contributed by atoms with Crippen molar-refractivity contribution in [2.45, 2.75) is 50.5 Å². The highest BCUT2D eigenvalue weighted by molar-refractivity contribution is 5.10. The van der Waals surface area contributed by atoms with E-state index in [2.05, 4.69) is 20.1 Å². The van der Waals surface area contributed by atoms with Gasteiger partial charge in [-0.05, 0) is 32.7 Å². The minimum atomic E-state index is 0.570. The van der Waals surface area contributed by atoms with Crippen LogP contribution in [0.1, 0.15) is 55.6 Å². The third-order valence-corrected chi connectivity index (χ3v) is 4.03. The maximum absolute atomic E-state index is 4.44. The summed E-state index contributed by atoms with van der Waals surface area (Å²) in [4.78, 5) is 0. The summed E-state index contributed by atoms with van der Waals surface area (Å²) in [7, 11) is 2.02. The standard InChI is InChI=1S/C12H20N4/c1-13-8-10-6-3-7-16-11(9-4-2-5-9)14-15-12(10)16/h9-10,13H,2-8H2,1H3. The van der Waals surface area contributed by atoms with Crippen LogP contribution < -0.4 is 5.32 Å². The first kappa shape index (κ1) is 10.3. The molecule has 2 aliphatic rings. The lowest BCUT2D eigenvalue weighted by Gasteiger charge is -2.28. The van der Waals surface area contributed by atoms with Gasteiger partial charge in [-0.3, -0.25) is 0 Å². The zero-order valence-corrected chi connectivity index (χ0v) is 9.95. The van der Waals surface area contributed by atoms with Gasteiger partial charge in [0.05, 0.1) is 0 Å². The number of nitrogens with one attached hydrogen (secondary N) is 1. The third-order valence-electron chi connectivity index (χ3n) is 4.03. The quantitative estimate of drug-likeness (QED) is 0.842. The molecule has 0 spiro atoms. The third kappa shape index (κ3) is 1.56. The molecule has 1 aliphatic carbocycles. The lowest BCUT2D eigenvalue weighted by Crippen LogP contribution is -2.26. The molecular formula is C12H20N4. The van der Waals surface area contributed by atoms with E-state index in [-0.39, 0.29) is 0 Å². The molecule has 1 saturated carbocycles. The van der Waals surface area contributed by atoms with Gasteiger partial charge in [0.15, 0.2) is 0 Å². The summed E-state index contributed by atoms with van der Waals surface area (Å²) in [6.45, 7) is 2.16. The number of rotatable bonds is 3. The monoisotopic (exact) mass is 220 g/mol. The Morgan fingerprint density at radius 1 is 1.19 bits per heavy atom. The van der Waals surface area contributed by atoms with Crippen molar-refractivity contribution in [3.63, 3.8) is 0 Å². The van der Waals surface area contributed by atoms with Crippen LogP contribution in [0.25, 0.3) is 0 Å². The molecule has 0 saturated heterocycles. The summed E-state index contributed by atoms with van der Waals surface area (Å²) in [5.74, 6) is 3.76. The van der Waals surface area contributed by atoms with E-state index in [0.717, 1.165) is 13.1 Å². The van der Waals surface area contributed by atoms with Crippen molar-refractivity contribution in [2.24, 2.45) is 0 Å². The van der Waals surface area contributed by atoms with Crippen molar-refractivity contribution in [3.05, 3.63) is 11.6 Å². The van der Waals surface area contributed by atoms with Gasteiger partial charge in [-0.1, -0.05) is 6.42 Å². The Morgan fingerprint density at radius 3 is 2.69 bits per heavy atom. The van der Waals surface area contributed by atoms with E-state index in [9.17, 15) is 0 Å². The van der Waals surface area contributed by atoms with Crippen LogP contribution in [-0.2, 0) is 6.54 Å². The summed E-state index contributed by atoms with van der Waals surface area (Å²) in [6.07, 6.45) is 6.53. The molecule has 1 aromatic heterocycles. The molecule has 1 atom stereocenters. The van der Waals surface area contributed by atoms with Crippen molar-refractivity contribution in [3.8, 4) is 0 Å². The van der Waals surface area contributed by atoms with Crippen molar-refractivity contribution in [1.29, 1.82) is 0 Å². The van der Waals surface area contributed by atoms with Crippen LogP contribution in [0.2, 0.25) is 0 Å². The Kier molecular flexibility index (Phi) is 2.67. The molecule has 88 valence electrons. The SMILES string of the molecule is CNCC1CCCn2c(C3CCC3)nnc21. The van der Waals surface area contributed by atoms with Crippen LogP contribution in [-0.4, -0.2) is 28.4 Å². The van der Waals surface area contributed by atoms with E-state index >= 15 is 0 Å². The van der Waals surface area contributed by atoms with Gasteiger partial charge < -0.3 is 9.88 Å². The Labute approximate surface area is 96.4 Å². The topological polar surface area (TPSA) is 42.7 Å². The van der Waals surface area contributed by atoms with E-state index in [0.29, 0.717) is 11.8 Å². The molecule has 0 radical (unpaired) electrons. The normalized spacial score (nSPS) is 25.2. The number of nitrogens with zero attached hydrogens (tertiary/aromatic N) is 3. The van der Waals surface area contributed by atoms with E-state index in [1.807, 2.05) is 7.05 Å². The molecule has 0 amide bonds. The number of likely N-dealkylation sites (N-methyl/N-ethyl adjacent to an activating group) is 1. The summed E-state index contributed by atoms with van der Waals surface area (Å²) >= 11 is 0. The molecule has 0 aromatic carbocycles. The average Bonchev–Trinajstić information content (AvgIpc) is 2.62. The van der Waals surface area contributed by atoms with Crippen molar-refractivity contribution in [2.75, 3.05) is 13.6 Å². The summed E-state index contributed by atoms with van der Waals surface area (Å²) < 4.78 is 2.40. The van der Waals surface area contributed by atoms with Gasteiger partial charge in [0, 0.05) is 24.9 Å². The second kappa shape index (κ2) is 4.17. The predicted octanol–water partition coefficient (Wildman–Crippen LogP) is 1.64. The average molecular weight is 220 g/mol. The molecule has 3 rings (SSSR count). The highest BCUT2D eigenvalue weighted by Gasteiger charge is 2.30. The summed E-state index contributed by atoms with van der Waals surface area (Å²) in [5, 5.41) is 12.1. The molecule has 4 nitrogen and oxygen atoms in total. The van der Waals surface area contributed by atoms with Gasteiger partial charge in [0.25, 0.3) is 0 Å². The predicted molar refractivity (Wildman–Crippen MR) is 62.5 cm³/mol. The minimum absolute atomic E-state index is 0.570. The maximum atomic E-state index is 4.44. The first-order chi connectivity index (χ1) is 7.90. The van der Waals surface area contributed by atoms with E-state index in [4.69, 9.17) is 0 Å². The van der Waals surface area contributed by atoms with E-state index < -0.39 is 0 Å². The second-order valence-corrected chi connectivity index (χ2v) is 5.09. The molecule has 1 fully saturated rings. The lowest BCUT2D eigenvalue weighted by atomic mass is 9.84. The van der Waals surface area contributed by atoms with Gasteiger partial charge in [-0.15, -0.1) is 10.2 Å². The maximum Gasteiger partial charge on any atom is 0.137 e. The highest BCUT2D eigenvalue weighted by Crippen LogP contribution is 2.37. The van der Waals surface area contributed by atoms with Crippen LogP contribution >= 0.6 is 0 Å². The Hall–Kier alpha value is -0.900. The number of fused-ring (bicyclic) bond motifs is 1. The van der Waals surface area contributed by atoms with Crippen LogP contribution in [0.4, 0.5) is 0 Å². The van der Waals surface area contributed by atoms with Crippen LogP contribution in [0, 0.1) is 0 Å². The van der Waals surface area contributed by atoms with Crippen LogP contribution in [0.5, 0.6) is 0 Å². The van der Waals surface area contributed by atoms with Gasteiger partial charge in [0.2, 0.25) is 0 Å². The highest BCUT2D eigenvalue weighted by atomic mass is 15.3. The molecule has 1 aliphatic heterocycles. The molecule has 4 heteroatoms. The molecule has 0 bridgehead atoms. The second-order valence-electron chi connectivity index (χ2n) is 5.09. The van der Waals surface area contributed by atoms with E-state index in [1.165, 1.54) is 43.8 Å². The largest absolute Gasteiger partial charge is 0.319 e. The lowest BCUT2D eigenvalue weighted by molar-refractivity contribution is 0.364. The fraction of sp³-hybridized carbons (Fsp3) is 0.833. The Bertz CT molecular complexity index is 367. The fourth-order valence-corrected chi connectivity index (χ4v) is 2.89. The summed E-state index contributed by atoms with van der Waals surface area (Å²) in [6, 6.07) is 0. The molecular weight excluding hydrogens is 200 g/mol. The van der Waals surface area contributed by atoms with Gasteiger partial charge >= 0.3 is 0 Å². The molecule has 1 N–H and O–H groups in total. The fourth-order valence-electron chi connectivity index (χ4n) is 2.89. The number of hydrogen-bond donors (Lipinski definition) is 1. The van der Waals surface area contributed by atoms with Crippen molar-refractivity contribution >= 4 is 0 Å². The zero-order chi connectivity index (χ0) is 11.0. The van der Waals surface area contributed by atoms with E-state index in [1.54, 1.807) is 0 Å². The molecule has 1 unspecified atom stereocenters. The first-order valence-corrected chi connectivity index (χ1v) is 6.47. The van der Waals surface area contributed by atoms with Crippen LogP contribution in [0.3, 0.4) is 0 Å². The number of hydrogen-bond acceptors (Lipinski definition) is 3. The van der Waals surface area contributed by atoms with Gasteiger partial charge in [0.1, 0.15) is 11.6 Å². The van der Waals surface area contributed by atoms with Crippen LogP contribution in [0.15, 0.2) is 0 Å². The van der Waals surface area contributed by atoms with Crippen molar-refractivity contribution < 1.29 is 0 Å².